The van der Waals surface area contributed by atoms with E-state index in [1.165, 1.54) is 6.20 Å². The molecule has 12 heavy (non-hydrogen) atoms. The molecule has 0 amide bonds. The quantitative estimate of drug-likeness (QED) is 0.732. The maximum Gasteiger partial charge on any atom is 0.269 e. The van der Waals surface area contributed by atoms with E-state index in [2.05, 4.69) is 29.0 Å². The molecule has 0 aliphatic carbocycles. The third-order valence-electron chi connectivity index (χ3n) is 1.96. The summed E-state index contributed by atoms with van der Waals surface area (Å²) < 4.78 is 0. The molecule has 0 bridgehead atoms. The average Bonchev–Trinajstić information content (AvgIpc) is 2.07. The van der Waals surface area contributed by atoms with Crippen molar-refractivity contribution in [3.63, 3.8) is 0 Å². The summed E-state index contributed by atoms with van der Waals surface area (Å²) in [5.41, 5.74) is -0.174. The first-order chi connectivity index (χ1) is 5.77. The molecule has 0 unspecified atom stereocenters. The SMILES string of the molecule is CCC(CC)c1nncc(=O)[nH]1. The second-order valence-electron chi connectivity index (χ2n) is 2.73. The molecule has 1 N–H and O–H groups in total. The molecule has 0 aliphatic rings. The Kier molecular flexibility index (Phi) is 2.96. The predicted molar refractivity (Wildman–Crippen MR) is 46.0 cm³/mol. The minimum Gasteiger partial charge on any atom is -0.307 e. The normalized spacial score (nSPS) is 10.6. The minimum absolute atomic E-state index is 0.174. The molecule has 1 rings (SSSR count). The van der Waals surface area contributed by atoms with E-state index in [0.29, 0.717) is 11.7 Å². The summed E-state index contributed by atoms with van der Waals surface area (Å²) in [5, 5.41) is 7.48. The van der Waals surface area contributed by atoms with Crippen molar-refractivity contribution in [1.29, 1.82) is 0 Å². The third kappa shape index (κ3) is 1.90. The van der Waals surface area contributed by atoms with Crippen molar-refractivity contribution in [3.05, 3.63) is 22.4 Å². The van der Waals surface area contributed by atoms with Crippen LogP contribution in [-0.2, 0) is 0 Å². The Balaban J connectivity index is 2.93. The fourth-order valence-electron chi connectivity index (χ4n) is 1.19. The highest BCUT2D eigenvalue weighted by atomic mass is 16.1. The lowest BCUT2D eigenvalue weighted by Crippen LogP contribution is -2.14. The maximum atomic E-state index is 10.9. The van der Waals surface area contributed by atoms with Gasteiger partial charge < -0.3 is 4.98 Å². The Morgan fingerprint density at radius 3 is 2.67 bits per heavy atom. The van der Waals surface area contributed by atoms with Crippen LogP contribution in [0.1, 0.15) is 38.4 Å². The molecule has 0 fully saturated rings. The van der Waals surface area contributed by atoms with E-state index in [-0.39, 0.29) is 5.56 Å². The van der Waals surface area contributed by atoms with Gasteiger partial charge in [-0.05, 0) is 12.8 Å². The summed E-state index contributed by atoms with van der Waals surface area (Å²) in [4.78, 5) is 13.5. The zero-order chi connectivity index (χ0) is 8.97. The lowest BCUT2D eigenvalue weighted by molar-refractivity contribution is 0.585. The van der Waals surface area contributed by atoms with Gasteiger partial charge in [-0.1, -0.05) is 13.8 Å². The molecule has 0 saturated carbocycles. The van der Waals surface area contributed by atoms with Crippen LogP contribution < -0.4 is 5.56 Å². The van der Waals surface area contributed by atoms with Gasteiger partial charge in [-0.15, -0.1) is 5.10 Å². The van der Waals surface area contributed by atoms with Crippen LogP contribution in [0.5, 0.6) is 0 Å². The Labute approximate surface area is 71.0 Å². The van der Waals surface area contributed by atoms with Gasteiger partial charge in [0.25, 0.3) is 5.56 Å². The Bertz CT molecular complexity index is 290. The number of nitrogens with zero attached hydrogens (tertiary/aromatic N) is 2. The molecule has 4 nitrogen and oxygen atoms in total. The van der Waals surface area contributed by atoms with Crippen molar-refractivity contribution in [2.45, 2.75) is 32.6 Å². The van der Waals surface area contributed by atoms with Crippen LogP contribution in [0, 0.1) is 0 Å². The lowest BCUT2D eigenvalue weighted by Gasteiger charge is -2.08. The predicted octanol–water partition coefficient (Wildman–Crippen LogP) is 1.07. The molecular weight excluding hydrogens is 154 g/mol. The molecule has 0 radical (unpaired) electrons. The molecule has 0 saturated heterocycles. The zero-order valence-corrected chi connectivity index (χ0v) is 7.37. The summed E-state index contributed by atoms with van der Waals surface area (Å²) in [5.74, 6) is 1.03. The Hall–Kier alpha value is -1.19. The summed E-state index contributed by atoms with van der Waals surface area (Å²) in [6.45, 7) is 4.14. The molecule has 0 atom stereocenters. The van der Waals surface area contributed by atoms with Crippen molar-refractivity contribution >= 4 is 0 Å². The first-order valence-corrected chi connectivity index (χ1v) is 4.19. The van der Waals surface area contributed by atoms with Gasteiger partial charge in [0.05, 0.1) is 0 Å². The van der Waals surface area contributed by atoms with Crippen molar-refractivity contribution in [2.75, 3.05) is 0 Å². The summed E-state index contributed by atoms with van der Waals surface area (Å²) in [7, 11) is 0. The molecule has 1 heterocycles. The van der Waals surface area contributed by atoms with Crippen molar-refractivity contribution in [3.8, 4) is 0 Å². The second-order valence-corrected chi connectivity index (χ2v) is 2.73. The topological polar surface area (TPSA) is 58.6 Å². The lowest BCUT2D eigenvalue weighted by atomic mass is 10.0. The molecule has 66 valence electrons. The first-order valence-electron chi connectivity index (χ1n) is 4.19. The van der Waals surface area contributed by atoms with Gasteiger partial charge in [0, 0.05) is 5.92 Å². The molecule has 0 aromatic carbocycles. The highest BCUT2D eigenvalue weighted by molar-refractivity contribution is 4.91. The fourth-order valence-corrected chi connectivity index (χ4v) is 1.19. The van der Waals surface area contributed by atoms with Crippen LogP contribution >= 0.6 is 0 Å². The molecule has 1 aromatic heterocycles. The monoisotopic (exact) mass is 167 g/mol. The van der Waals surface area contributed by atoms with E-state index >= 15 is 0 Å². The van der Waals surface area contributed by atoms with E-state index in [1.807, 2.05) is 0 Å². The van der Waals surface area contributed by atoms with Gasteiger partial charge in [-0.25, -0.2) is 0 Å². The van der Waals surface area contributed by atoms with E-state index in [4.69, 9.17) is 0 Å². The Morgan fingerprint density at radius 2 is 2.17 bits per heavy atom. The van der Waals surface area contributed by atoms with Crippen molar-refractivity contribution in [1.82, 2.24) is 15.2 Å². The first kappa shape index (κ1) is 8.90. The smallest absolute Gasteiger partial charge is 0.269 e. The van der Waals surface area contributed by atoms with E-state index in [9.17, 15) is 4.79 Å². The standard InChI is InChI=1S/C8H13N3O/c1-3-6(4-2)8-10-7(12)5-9-11-8/h5-6H,3-4H2,1-2H3,(H,10,11,12). The fraction of sp³-hybridized carbons (Fsp3) is 0.625. The largest absolute Gasteiger partial charge is 0.307 e. The summed E-state index contributed by atoms with van der Waals surface area (Å²) >= 11 is 0. The molecule has 4 heteroatoms. The van der Waals surface area contributed by atoms with Crippen LogP contribution in [-0.4, -0.2) is 15.2 Å². The van der Waals surface area contributed by atoms with Crippen LogP contribution in [0.15, 0.2) is 11.0 Å². The number of hydrogen-bond acceptors (Lipinski definition) is 3. The zero-order valence-electron chi connectivity index (χ0n) is 7.37. The summed E-state index contributed by atoms with van der Waals surface area (Å²) in [6, 6.07) is 0. The van der Waals surface area contributed by atoms with Gasteiger partial charge in [-0.2, -0.15) is 5.10 Å². The molecule has 0 aliphatic heterocycles. The van der Waals surface area contributed by atoms with Gasteiger partial charge in [0.15, 0.2) is 0 Å². The number of aromatic nitrogens is 3. The minimum atomic E-state index is -0.174. The maximum absolute atomic E-state index is 10.9. The van der Waals surface area contributed by atoms with E-state index in [0.717, 1.165) is 12.8 Å². The van der Waals surface area contributed by atoms with Crippen LogP contribution in [0.2, 0.25) is 0 Å². The molecular formula is C8H13N3O. The van der Waals surface area contributed by atoms with Gasteiger partial charge in [0.1, 0.15) is 12.0 Å². The van der Waals surface area contributed by atoms with Crippen LogP contribution in [0.25, 0.3) is 0 Å². The van der Waals surface area contributed by atoms with Crippen molar-refractivity contribution in [2.24, 2.45) is 0 Å². The number of nitrogens with one attached hydrogen (secondary N) is 1. The molecule has 0 spiro atoms. The third-order valence-corrected chi connectivity index (χ3v) is 1.96. The number of hydrogen-bond donors (Lipinski definition) is 1. The number of aromatic amines is 1. The highest BCUT2D eigenvalue weighted by Gasteiger charge is 2.08. The molecule has 1 aromatic rings. The van der Waals surface area contributed by atoms with Crippen LogP contribution in [0.3, 0.4) is 0 Å². The summed E-state index contributed by atoms with van der Waals surface area (Å²) in [6.07, 6.45) is 3.14. The second kappa shape index (κ2) is 3.99. The van der Waals surface area contributed by atoms with Gasteiger partial charge in [-0.3, -0.25) is 4.79 Å². The number of H-pyrrole nitrogens is 1. The van der Waals surface area contributed by atoms with E-state index < -0.39 is 0 Å². The van der Waals surface area contributed by atoms with Crippen LogP contribution in [0.4, 0.5) is 0 Å². The number of rotatable bonds is 3. The van der Waals surface area contributed by atoms with Crippen molar-refractivity contribution < 1.29 is 0 Å². The Morgan fingerprint density at radius 1 is 1.50 bits per heavy atom. The van der Waals surface area contributed by atoms with Gasteiger partial charge in [0.2, 0.25) is 0 Å². The average molecular weight is 167 g/mol. The van der Waals surface area contributed by atoms with Gasteiger partial charge >= 0.3 is 0 Å². The van der Waals surface area contributed by atoms with E-state index in [1.54, 1.807) is 0 Å². The highest BCUT2D eigenvalue weighted by Crippen LogP contribution is 2.16.